The van der Waals surface area contributed by atoms with Crippen LogP contribution in [0.4, 0.5) is 20.2 Å². The van der Waals surface area contributed by atoms with Crippen molar-refractivity contribution in [3.8, 4) is 22.9 Å². The minimum absolute atomic E-state index is 0.0278. The van der Waals surface area contributed by atoms with Crippen molar-refractivity contribution >= 4 is 105 Å². The molecule has 19 nitrogen and oxygen atoms in total. The number of oxazole rings is 2. The lowest BCUT2D eigenvalue weighted by Gasteiger charge is -2.19. The van der Waals surface area contributed by atoms with Crippen molar-refractivity contribution in [1.29, 1.82) is 0 Å². The number of nitrogens with one attached hydrogen (secondary N) is 4. The number of carbonyl (C=O) groups is 2. The van der Waals surface area contributed by atoms with Crippen LogP contribution in [0.25, 0.3) is 22.9 Å². The molecule has 3 aromatic heterocycles. The Hall–Kier alpha value is -5.62. The Morgan fingerprint density at radius 1 is 0.685 bits per heavy atom. The van der Waals surface area contributed by atoms with E-state index in [1.165, 1.54) is 62.7 Å². The number of rotatable bonds is 10. The highest BCUT2D eigenvalue weighted by Crippen LogP contribution is 2.61. The maximum Gasteiger partial charge on any atom is 0.339 e. The van der Waals surface area contributed by atoms with E-state index in [1.54, 1.807) is 35.9 Å². The highest BCUT2D eigenvalue weighted by Gasteiger charge is 2.25. The molecule has 0 radical (unpaired) electrons. The van der Waals surface area contributed by atoms with Crippen molar-refractivity contribution in [3.05, 3.63) is 142 Å². The van der Waals surface area contributed by atoms with Gasteiger partial charge in [0, 0.05) is 31.8 Å². The van der Waals surface area contributed by atoms with Gasteiger partial charge in [-0.25, -0.2) is 41.4 Å². The topological polar surface area (TPSA) is 276 Å². The van der Waals surface area contributed by atoms with Crippen molar-refractivity contribution in [3.63, 3.8) is 0 Å². The third kappa shape index (κ3) is 17.0. The highest BCUT2D eigenvalue weighted by molar-refractivity contribution is 8.24. The molecule has 0 spiro atoms. The van der Waals surface area contributed by atoms with E-state index in [0.29, 0.717) is 17.2 Å². The number of aromatic nitrogens is 5. The van der Waals surface area contributed by atoms with Gasteiger partial charge < -0.3 is 18.7 Å². The zero-order chi connectivity index (χ0) is 54.9. The van der Waals surface area contributed by atoms with Crippen molar-refractivity contribution in [2.75, 3.05) is 16.5 Å². The van der Waals surface area contributed by atoms with Gasteiger partial charge in [0.1, 0.15) is 29.9 Å². The lowest BCUT2D eigenvalue weighted by Crippen LogP contribution is -2.31. The lowest BCUT2D eigenvalue weighted by atomic mass is 9.87. The molecule has 2 amide bonds. The van der Waals surface area contributed by atoms with Crippen molar-refractivity contribution in [2.45, 2.75) is 62.2 Å². The van der Waals surface area contributed by atoms with Gasteiger partial charge in [-0.1, -0.05) is 89.0 Å². The molecule has 0 atom stereocenters. The lowest BCUT2D eigenvalue weighted by molar-refractivity contribution is 0.0948. The molecule has 7 rings (SSSR count). The van der Waals surface area contributed by atoms with Gasteiger partial charge in [0.15, 0.2) is 30.1 Å². The number of hydrogen-bond donors (Lipinski definition) is 5. The Kier molecular flexibility index (Phi) is 20.2. The summed E-state index contributed by atoms with van der Waals surface area (Å²) in [5.74, 6) is 3.02. The minimum atomic E-state index is -4.05. The Bertz CT molecular complexity index is 3310. The van der Waals surface area contributed by atoms with E-state index in [1.807, 2.05) is 47.0 Å². The number of nitrogens with two attached hydrogens (primary N) is 1. The SMILES string of the molecule is CC(C)(C)c1ccc(S(=O)(=O)Nc2cc(F)c(Cl)cc2C(=O)NN)cc1.CNC(=O)c1cocn1.Cn1c(-c2cocn2)nnc1-c1cc(Cl)c(F)cc1NS(=O)(=O)c1ccc(C(C)(C)C)cc1.O=P(Cl)(Cl)Cl. The van der Waals surface area contributed by atoms with Gasteiger partial charge in [0.2, 0.25) is 0 Å². The van der Waals surface area contributed by atoms with Crippen molar-refractivity contribution in [2.24, 2.45) is 12.9 Å². The number of nitrogens with zero attached hydrogens (tertiary/aromatic N) is 5. The van der Waals surface area contributed by atoms with Gasteiger partial charge in [0.25, 0.3) is 31.9 Å². The normalized spacial score (nSPS) is 11.7. The number of benzene rings is 4. The van der Waals surface area contributed by atoms with E-state index in [4.69, 9.17) is 33.5 Å². The Labute approximate surface area is 443 Å². The quantitative estimate of drug-likeness (QED) is 0.0369. The molecule has 0 bridgehead atoms. The van der Waals surface area contributed by atoms with Gasteiger partial charge in [-0.3, -0.25) is 29.0 Å². The van der Waals surface area contributed by atoms with E-state index < -0.39 is 42.8 Å². The van der Waals surface area contributed by atoms with Gasteiger partial charge >= 0.3 is 5.20 Å². The van der Waals surface area contributed by atoms with Crippen LogP contribution in [0.1, 0.15) is 73.5 Å². The summed E-state index contributed by atoms with van der Waals surface area (Å²) >= 11 is 25.5. The Morgan fingerprint density at radius 3 is 1.55 bits per heavy atom. The molecular formula is C44H46Cl5F2N10O9PS2. The first-order chi connectivity index (χ1) is 33.8. The molecule has 0 unspecified atom stereocenters. The number of hydrazine groups is 1. The second-order valence-electron chi connectivity index (χ2n) is 17.0. The smallest absolute Gasteiger partial charge is 0.339 e. The van der Waals surface area contributed by atoms with Crippen LogP contribution in [0.2, 0.25) is 10.0 Å². The van der Waals surface area contributed by atoms with Crippen LogP contribution in [0.3, 0.4) is 0 Å². The maximum absolute atomic E-state index is 14.3. The summed E-state index contributed by atoms with van der Waals surface area (Å²) < 4.78 is 105. The van der Waals surface area contributed by atoms with Gasteiger partial charge in [0.05, 0.1) is 36.8 Å². The van der Waals surface area contributed by atoms with Crippen molar-refractivity contribution in [1.82, 2.24) is 35.5 Å². The monoisotopic (exact) mass is 1170 g/mol. The molecule has 0 fully saturated rings. The maximum atomic E-state index is 14.3. The van der Waals surface area contributed by atoms with E-state index in [2.05, 4.69) is 73.1 Å². The fourth-order valence-corrected chi connectivity index (χ4v) is 8.42. The molecular weight excluding hydrogens is 1120 g/mol. The molecule has 4 aromatic carbocycles. The first kappa shape index (κ1) is 59.9. The fraction of sp³-hybridized carbons (Fsp3) is 0.227. The fourth-order valence-electron chi connectivity index (χ4n) is 5.95. The summed E-state index contributed by atoms with van der Waals surface area (Å²) in [6.07, 6.45) is 5.16. The van der Waals surface area contributed by atoms with Crippen molar-refractivity contribution < 1.29 is 48.6 Å². The molecule has 3 heterocycles. The average Bonchev–Trinajstić information content (AvgIpc) is 4.12. The number of nitrogen functional groups attached to an aromatic ring is 1. The number of sulfonamides is 2. The third-order valence-electron chi connectivity index (χ3n) is 9.72. The van der Waals surface area contributed by atoms with Crippen LogP contribution in [0, 0.1) is 11.6 Å². The first-order valence-corrected chi connectivity index (χ1v) is 28.7. The molecule has 6 N–H and O–H groups in total. The number of hydrogen-bond acceptors (Lipinski definition) is 14. The van der Waals surface area contributed by atoms with Crippen LogP contribution in [-0.4, -0.2) is 60.4 Å². The summed E-state index contributed by atoms with van der Waals surface area (Å²) in [4.78, 5) is 30.1. The highest BCUT2D eigenvalue weighted by atomic mass is 36.0. The standard InChI is InChI=1S/C22H21ClFN5O3S.C17H19ClFN3O3S.C5H6N2O2.Cl3OP/c1-22(2,3)13-5-7-14(8-6-13)33(30,31)28-18-10-17(24)16(23)9-15(18)20-26-27-21(29(20)4)19-11-32-12-25-19;1-17(2,3)10-4-6-11(7-5-10)26(24,25)22-15-9-14(19)13(18)8-12(15)16(23)21-20;1-6-5(8)4-2-9-3-7-4;1-5(2,3)4/h5-12,28H,1-4H3;4-9,22H,20H2,1-3H3,(H,21,23);2-3H,1H3,(H,6,8);. The van der Waals surface area contributed by atoms with Gasteiger partial charge in [-0.05, 0) is 92.1 Å². The molecule has 0 aliphatic rings. The predicted molar refractivity (Wildman–Crippen MR) is 277 cm³/mol. The summed E-state index contributed by atoms with van der Waals surface area (Å²) in [5, 5.41) is 6.89. The molecule has 7 aromatic rings. The summed E-state index contributed by atoms with van der Waals surface area (Å²) in [7, 11) is -4.87. The van der Waals surface area contributed by atoms with E-state index in [-0.39, 0.29) is 64.9 Å². The summed E-state index contributed by atoms with van der Waals surface area (Å²) in [6.45, 7) is 12.1. The van der Waals surface area contributed by atoms with Crippen LogP contribution >= 0.6 is 62.1 Å². The largest absolute Gasteiger partial charge is 0.451 e. The number of anilines is 2. The number of carbonyl (C=O) groups excluding carboxylic acids is 2. The zero-order valence-corrected chi connectivity index (χ0v) is 45.9. The predicted octanol–water partition coefficient (Wildman–Crippen LogP) is 11.1. The molecule has 29 heteroatoms. The second kappa shape index (κ2) is 24.6. The summed E-state index contributed by atoms with van der Waals surface area (Å²) in [5.41, 5.74) is 4.03. The van der Waals surface area contributed by atoms with Crippen LogP contribution in [-0.2, 0) is 42.5 Å². The Morgan fingerprint density at radius 2 is 1.12 bits per heavy atom. The molecule has 0 aliphatic carbocycles. The molecule has 392 valence electrons. The van der Waals surface area contributed by atoms with E-state index in [0.717, 1.165) is 29.3 Å². The second-order valence-corrected chi connectivity index (χ2v) is 27.8. The van der Waals surface area contributed by atoms with Crippen LogP contribution in [0.5, 0.6) is 0 Å². The third-order valence-corrected chi connectivity index (χ3v) is 13.1. The minimum Gasteiger partial charge on any atom is -0.451 e. The van der Waals surface area contributed by atoms with Gasteiger partial charge in [-0.15, -0.1) is 10.2 Å². The molecule has 73 heavy (non-hydrogen) atoms. The van der Waals surface area contributed by atoms with Crippen LogP contribution in [0.15, 0.2) is 117 Å². The average molecular weight is 1170 g/mol. The van der Waals surface area contributed by atoms with Gasteiger partial charge in [-0.2, -0.15) is 0 Å². The number of halogens is 7. The van der Waals surface area contributed by atoms with Crippen LogP contribution < -0.4 is 26.0 Å². The molecule has 0 saturated carbocycles. The summed E-state index contributed by atoms with van der Waals surface area (Å²) in [6, 6.07) is 17.0. The first-order valence-electron chi connectivity index (χ1n) is 20.6. The Balaban J connectivity index is 0.000000254. The molecule has 0 saturated heterocycles. The molecule has 0 aliphatic heterocycles. The number of amides is 2. The zero-order valence-electron chi connectivity index (χ0n) is 39.6. The van der Waals surface area contributed by atoms with E-state index in [9.17, 15) is 39.8 Å². The van der Waals surface area contributed by atoms with E-state index >= 15 is 0 Å².